The van der Waals surface area contributed by atoms with E-state index in [2.05, 4.69) is 0 Å². The summed E-state index contributed by atoms with van der Waals surface area (Å²) in [4.78, 5) is 14.1. The lowest BCUT2D eigenvalue weighted by Crippen LogP contribution is -2.31. The van der Waals surface area contributed by atoms with Crippen LogP contribution in [0.1, 0.15) is 15.9 Å². The molecule has 0 heterocycles. The van der Waals surface area contributed by atoms with Gasteiger partial charge >= 0.3 is 0 Å². The summed E-state index contributed by atoms with van der Waals surface area (Å²) in [5.74, 6) is -0.660. The van der Waals surface area contributed by atoms with E-state index in [-0.39, 0.29) is 29.7 Å². The number of ether oxygens (including phenoxy) is 1. The second-order valence-corrected chi connectivity index (χ2v) is 7.77. The zero-order valence-electron chi connectivity index (χ0n) is 14.3. The van der Waals surface area contributed by atoms with E-state index in [1.165, 1.54) is 29.2 Å². The van der Waals surface area contributed by atoms with Gasteiger partial charge in [0.1, 0.15) is 6.61 Å². The number of likely N-dealkylation sites (N-methyl/N-ethyl adjacent to an activating group) is 1. The second kappa shape index (κ2) is 7.65. The van der Waals surface area contributed by atoms with Crippen molar-refractivity contribution in [2.75, 3.05) is 26.5 Å². The molecule has 0 aliphatic heterocycles. The molecule has 0 bridgehead atoms. The average Bonchev–Trinajstić information content (AvgIpc) is 2.55. The molecule has 0 aromatic heterocycles. The molecule has 2 aromatic rings. The number of amides is 1. The molecule has 25 heavy (non-hydrogen) atoms. The maximum atomic E-state index is 13.5. The highest BCUT2D eigenvalue weighted by Crippen LogP contribution is 2.18. The number of hydrogen-bond donors (Lipinski definition) is 0. The van der Waals surface area contributed by atoms with Gasteiger partial charge < -0.3 is 9.64 Å². The van der Waals surface area contributed by atoms with Crippen LogP contribution < -0.4 is 4.74 Å². The standard InChI is InChI=1S/C18H20FNO4S/c1-13-8-9-14(25(3,22)23)12-15(13)18(21)20(2)10-11-24-17-7-5-4-6-16(17)19/h4-9,12H,10-11H2,1-3H3. The molecule has 0 saturated heterocycles. The summed E-state index contributed by atoms with van der Waals surface area (Å²) in [6.07, 6.45) is 1.10. The molecule has 0 N–H and O–H groups in total. The zero-order chi connectivity index (χ0) is 18.6. The number of carbonyl (C=O) groups is 1. The van der Waals surface area contributed by atoms with Gasteiger partial charge in [-0.3, -0.25) is 4.79 Å². The SMILES string of the molecule is Cc1ccc(S(C)(=O)=O)cc1C(=O)N(C)CCOc1ccccc1F. The Bertz CT molecular complexity index is 880. The fourth-order valence-corrected chi connectivity index (χ4v) is 2.87. The third-order valence-electron chi connectivity index (χ3n) is 3.74. The van der Waals surface area contributed by atoms with Crippen molar-refractivity contribution >= 4 is 15.7 Å². The molecular formula is C18H20FNO4S. The minimum Gasteiger partial charge on any atom is -0.489 e. The average molecular weight is 365 g/mol. The third kappa shape index (κ3) is 4.79. The van der Waals surface area contributed by atoms with Crippen molar-refractivity contribution in [1.29, 1.82) is 0 Å². The van der Waals surface area contributed by atoms with E-state index >= 15 is 0 Å². The number of rotatable bonds is 6. The van der Waals surface area contributed by atoms with E-state index in [4.69, 9.17) is 4.74 Å². The Morgan fingerprint density at radius 2 is 1.88 bits per heavy atom. The van der Waals surface area contributed by atoms with Gasteiger partial charge in [0.05, 0.1) is 11.4 Å². The molecule has 0 fully saturated rings. The van der Waals surface area contributed by atoms with Gasteiger partial charge in [-0.15, -0.1) is 0 Å². The van der Waals surface area contributed by atoms with Crippen molar-refractivity contribution in [3.05, 3.63) is 59.4 Å². The van der Waals surface area contributed by atoms with Crippen LogP contribution in [0.4, 0.5) is 4.39 Å². The molecule has 2 rings (SSSR count). The van der Waals surface area contributed by atoms with Gasteiger partial charge in [-0.2, -0.15) is 0 Å². The van der Waals surface area contributed by atoms with Crippen LogP contribution in [0.25, 0.3) is 0 Å². The number of carbonyl (C=O) groups excluding carboxylic acids is 1. The minimum atomic E-state index is -3.40. The predicted molar refractivity (Wildman–Crippen MR) is 93.1 cm³/mol. The Labute approximate surface area is 147 Å². The predicted octanol–water partition coefficient (Wildman–Crippen LogP) is 2.69. The van der Waals surface area contributed by atoms with E-state index in [9.17, 15) is 17.6 Å². The van der Waals surface area contributed by atoms with Crippen molar-refractivity contribution in [2.45, 2.75) is 11.8 Å². The van der Waals surface area contributed by atoms with Gasteiger partial charge in [-0.25, -0.2) is 12.8 Å². The molecule has 0 radical (unpaired) electrons. The summed E-state index contributed by atoms with van der Waals surface area (Å²) in [6, 6.07) is 10.5. The first-order valence-corrected chi connectivity index (χ1v) is 9.53. The normalized spacial score (nSPS) is 11.2. The summed E-state index contributed by atoms with van der Waals surface area (Å²) in [5, 5.41) is 0. The molecule has 2 aromatic carbocycles. The van der Waals surface area contributed by atoms with E-state index in [1.807, 2.05) is 0 Å². The highest BCUT2D eigenvalue weighted by atomic mass is 32.2. The second-order valence-electron chi connectivity index (χ2n) is 5.75. The van der Waals surface area contributed by atoms with Gasteiger partial charge in [0.15, 0.2) is 21.4 Å². The first-order valence-electron chi connectivity index (χ1n) is 7.63. The fraction of sp³-hybridized carbons (Fsp3) is 0.278. The molecule has 0 saturated carbocycles. The number of para-hydroxylation sites is 1. The van der Waals surface area contributed by atoms with Crippen LogP contribution in [0.15, 0.2) is 47.4 Å². The molecule has 1 amide bonds. The number of hydrogen-bond acceptors (Lipinski definition) is 4. The highest BCUT2D eigenvalue weighted by molar-refractivity contribution is 7.90. The molecule has 0 aliphatic carbocycles. The molecule has 0 aliphatic rings. The van der Waals surface area contributed by atoms with Crippen molar-refractivity contribution in [3.8, 4) is 5.75 Å². The summed E-state index contributed by atoms with van der Waals surface area (Å²) in [7, 11) is -1.81. The van der Waals surface area contributed by atoms with Crippen LogP contribution in [-0.4, -0.2) is 45.7 Å². The first-order chi connectivity index (χ1) is 11.7. The maximum Gasteiger partial charge on any atom is 0.254 e. The monoisotopic (exact) mass is 365 g/mol. The van der Waals surface area contributed by atoms with Crippen LogP contribution in [0.5, 0.6) is 5.75 Å². The number of benzene rings is 2. The van der Waals surface area contributed by atoms with Crippen molar-refractivity contribution in [2.24, 2.45) is 0 Å². The molecule has 0 unspecified atom stereocenters. The Kier molecular flexibility index (Phi) is 5.79. The van der Waals surface area contributed by atoms with Crippen LogP contribution in [0.3, 0.4) is 0 Å². The number of nitrogens with zero attached hydrogens (tertiary/aromatic N) is 1. The van der Waals surface area contributed by atoms with Crippen LogP contribution in [-0.2, 0) is 9.84 Å². The van der Waals surface area contributed by atoms with Gasteiger partial charge in [0, 0.05) is 18.9 Å². The van der Waals surface area contributed by atoms with Gasteiger partial charge in [-0.1, -0.05) is 18.2 Å². The number of aryl methyl sites for hydroxylation is 1. The van der Waals surface area contributed by atoms with E-state index in [1.54, 1.807) is 32.2 Å². The zero-order valence-corrected chi connectivity index (χ0v) is 15.1. The van der Waals surface area contributed by atoms with Crippen molar-refractivity contribution < 1.29 is 22.3 Å². The Hall–Kier alpha value is -2.41. The minimum absolute atomic E-state index is 0.0949. The number of halogens is 1. The van der Waals surface area contributed by atoms with Crippen molar-refractivity contribution in [1.82, 2.24) is 4.90 Å². The fourth-order valence-electron chi connectivity index (χ4n) is 2.22. The Balaban J connectivity index is 2.06. The molecular weight excluding hydrogens is 345 g/mol. The Morgan fingerprint density at radius 3 is 2.52 bits per heavy atom. The third-order valence-corrected chi connectivity index (χ3v) is 4.85. The lowest BCUT2D eigenvalue weighted by atomic mass is 10.1. The topological polar surface area (TPSA) is 63.7 Å². The molecule has 5 nitrogen and oxygen atoms in total. The summed E-state index contributed by atoms with van der Waals surface area (Å²) in [5.41, 5.74) is 0.996. The van der Waals surface area contributed by atoms with Gasteiger partial charge in [0.25, 0.3) is 5.91 Å². The molecule has 7 heteroatoms. The number of sulfone groups is 1. The smallest absolute Gasteiger partial charge is 0.254 e. The van der Waals surface area contributed by atoms with Crippen LogP contribution >= 0.6 is 0 Å². The highest BCUT2D eigenvalue weighted by Gasteiger charge is 2.17. The van der Waals surface area contributed by atoms with Gasteiger partial charge in [0.2, 0.25) is 0 Å². The van der Waals surface area contributed by atoms with E-state index < -0.39 is 15.7 Å². The maximum absolute atomic E-state index is 13.5. The van der Waals surface area contributed by atoms with Crippen LogP contribution in [0, 0.1) is 12.7 Å². The summed E-state index contributed by atoms with van der Waals surface area (Å²) >= 11 is 0. The largest absolute Gasteiger partial charge is 0.489 e. The summed E-state index contributed by atoms with van der Waals surface area (Å²) < 4.78 is 42.2. The first kappa shape index (κ1) is 18.9. The lowest BCUT2D eigenvalue weighted by molar-refractivity contribution is 0.0772. The van der Waals surface area contributed by atoms with E-state index in [0.29, 0.717) is 11.1 Å². The quantitative estimate of drug-likeness (QED) is 0.790. The molecule has 0 spiro atoms. The van der Waals surface area contributed by atoms with Gasteiger partial charge in [-0.05, 0) is 36.8 Å². The lowest BCUT2D eigenvalue weighted by Gasteiger charge is -2.19. The van der Waals surface area contributed by atoms with Crippen molar-refractivity contribution in [3.63, 3.8) is 0 Å². The summed E-state index contributed by atoms with van der Waals surface area (Å²) in [6.45, 7) is 2.09. The molecule has 134 valence electrons. The molecule has 0 atom stereocenters. The van der Waals surface area contributed by atoms with Crippen LogP contribution in [0.2, 0.25) is 0 Å². The van der Waals surface area contributed by atoms with E-state index in [0.717, 1.165) is 6.26 Å². The Morgan fingerprint density at radius 1 is 1.20 bits per heavy atom.